The zero-order valence-corrected chi connectivity index (χ0v) is 11.3. The lowest BCUT2D eigenvalue weighted by atomic mass is 9.96. The molecule has 5 heteroatoms. The van der Waals surface area contributed by atoms with Gasteiger partial charge in [0.2, 0.25) is 0 Å². The Hall–Kier alpha value is -1.36. The first-order valence-electron chi connectivity index (χ1n) is 5.83. The van der Waals surface area contributed by atoms with E-state index in [1.54, 1.807) is 18.9 Å². The molecule has 1 saturated heterocycles. The molecule has 2 unspecified atom stereocenters. The summed E-state index contributed by atoms with van der Waals surface area (Å²) in [5.74, 6) is 0.574. The average molecular weight is 267 g/mol. The second kappa shape index (κ2) is 5.10. The van der Waals surface area contributed by atoms with Gasteiger partial charge in [0.25, 0.3) is 0 Å². The number of hydrogen-bond acceptors (Lipinski definition) is 4. The highest BCUT2D eigenvalue weighted by molar-refractivity contribution is 8.00. The minimum Gasteiger partial charge on any atom is -0.497 e. The number of carboxylic acids is 1. The van der Waals surface area contributed by atoms with Gasteiger partial charge in [-0.2, -0.15) is 11.8 Å². The molecule has 0 aromatic heterocycles. The molecular weight excluding hydrogens is 250 g/mol. The molecule has 2 rings (SSSR count). The van der Waals surface area contributed by atoms with Crippen LogP contribution in [0.25, 0.3) is 0 Å². The normalized spacial score (nSPS) is 26.9. The summed E-state index contributed by atoms with van der Waals surface area (Å²) >= 11 is 1.69. The molecule has 1 heterocycles. The van der Waals surface area contributed by atoms with E-state index < -0.39 is 11.5 Å². The molecule has 0 spiro atoms. The molecule has 0 aliphatic carbocycles. The van der Waals surface area contributed by atoms with E-state index in [9.17, 15) is 9.90 Å². The number of rotatable bonds is 4. The van der Waals surface area contributed by atoms with Gasteiger partial charge in [0.1, 0.15) is 11.3 Å². The Labute approximate surface area is 111 Å². The van der Waals surface area contributed by atoms with Crippen LogP contribution in [0.2, 0.25) is 0 Å². The van der Waals surface area contributed by atoms with Crippen LogP contribution in [0.15, 0.2) is 24.3 Å². The topological polar surface area (TPSA) is 58.6 Å². The highest BCUT2D eigenvalue weighted by atomic mass is 32.2. The van der Waals surface area contributed by atoms with Gasteiger partial charge in [-0.15, -0.1) is 0 Å². The molecule has 98 valence electrons. The largest absolute Gasteiger partial charge is 0.497 e. The van der Waals surface area contributed by atoms with Gasteiger partial charge in [-0.1, -0.05) is 6.92 Å². The van der Waals surface area contributed by atoms with Gasteiger partial charge in [-0.3, -0.25) is 0 Å². The maximum Gasteiger partial charge on any atom is 0.330 e. The lowest BCUT2D eigenvalue weighted by molar-refractivity contribution is -0.141. The number of aliphatic carboxylic acids is 1. The number of hydrogen-bond donors (Lipinski definition) is 2. The fourth-order valence-corrected chi connectivity index (χ4v) is 3.42. The number of carboxylic acid groups (broad SMARTS) is 1. The predicted octanol–water partition coefficient (Wildman–Crippen LogP) is 2.46. The molecule has 2 atom stereocenters. The van der Waals surface area contributed by atoms with Gasteiger partial charge >= 0.3 is 5.97 Å². The molecule has 0 bridgehead atoms. The van der Waals surface area contributed by atoms with Gasteiger partial charge < -0.3 is 15.2 Å². The molecule has 1 aliphatic rings. The van der Waals surface area contributed by atoms with Crippen LogP contribution < -0.4 is 10.1 Å². The van der Waals surface area contributed by atoms with Crippen molar-refractivity contribution < 1.29 is 14.6 Å². The molecule has 2 N–H and O–H groups in total. The van der Waals surface area contributed by atoms with Crippen LogP contribution in [-0.4, -0.2) is 34.7 Å². The minimum absolute atomic E-state index is 0.367. The van der Waals surface area contributed by atoms with Gasteiger partial charge in [0, 0.05) is 16.7 Å². The third kappa shape index (κ3) is 2.56. The minimum atomic E-state index is -0.849. The Balaban J connectivity index is 2.16. The molecule has 0 saturated carbocycles. The summed E-state index contributed by atoms with van der Waals surface area (Å²) in [4.78, 5) is 11.5. The SMILES string of the molecule is COc1ccc(NC2(C(=O)O)CSC(C)C2)cc1. The van der Waals surface area contributed by atoms with Crippen LogP contribution in [0.3, 0.4) is 0 Å². The van der Waals surface area contributed by atoms with E-state index >= 15 is 0 Å². The summed E-state index contributed by atoms with van der Waals surface area (Å²) in [5, 5.41) is 13.0. The summed E-state index contributed by atoms with van der Waals surface area (Å²) in [6, 6.07) is 7.33. The number of thioether (sulfide) groups is 1. The van der Waals surface area contributed by atoms with Crippen LogP contribution in [0.1, 0.15) is 13.3 Å². The predicted molar refractivity (Wildman–Crippen MR) is 73.5 cm³/mol. The van der Waals surface area contributed by atoms with E-state index in [-0.39, 0.29) is 0 Å². The smallest absolute Gasteiger partial charge is 0.330 e. The summed E-state index contributed by atoms with van der Waals surface area (Å²) in [6.07, 6.45) is 0.638. The van der Waals surface area contributed by atoms with Crippen molar-refractivity contribution >= 4 is 23.4 Å². The lowest BCUT2D eigenvalue weighted by Gasteiger charge is -2.26. The van der Waals surface area contributed by atoms with E-state index in [1.807, 2.05) is 24.3 Å². The Kier molecular flexibility index (Phi) is 3.71. The van der Waals surface area contributed by atoms with Crippen molar-refractivity contribution in [1.82, 2.24) is 0 Å². The van der Waals surface area contributed by atoms with E-state index in [0.29, 0.717) is 17.4 Å². The van der Waals surface area contributed by atoms with Crippen LogP contribution in [0.4, 0.5) is 5.69 Å². The number of anilines is 1. The summed E-state index contributed by atoms with van der Waals surface area (Å²) in [7, 11) is 1.61. The van der Waals surface area contributed by atoms with Crippen LogP contribution in [0.5, 0.6) is 5.75 Å². The van der Waals surface area contributed by atoms with E-state index in [0.717, 1.165) is 11.4 Å². The average Bonchev–Trinajstić information content (AvgIpc) is 2.73. The van der Waals surface area contributed by atoms with E-state index in [4.69, 9.17) is 4.74 Å². The maximum absolute atomic E-state index is 11.5. The van der Waals surface area contributed by atoms with Crippen molar-refractivity contribution in [3.8, 4) is 5.75 Å². The lowest BCUT2D eigenvalue weighted by Crippen LogP contribution is -2.46. The fraction of sp³-hybridized carbons (Fsp3) is 0.462. The van der Waals surface area contributed by atoms with Crippen LogP contribution in [0, 0.1) is 0 Å². The van der Waals surface area contributed by atoms with E-state index in [1.165, 1.54) is 0 Å². The number of ether oxygens (including phenoxy) is 1. The second-order valence-corrected chi connectivity index (χ2v) is 5.99. The molecule has 1 fully saturated rings. The van der Waals surface area contributed by atoms with Gasteiger partial charge in [-0.25, -0.2) is 4.79 Å². The van der Waals surface area contributed by atoms with Crippen LogP contribution >= 0.6 is 11.8 Å². The van der Waals surface area contributed by atoms with Gasteiger partial charge in [-0.05, 0) is 30.7 Å². The van der Waals surface area contributed by atoms with Crippen molar-refractivity contribution in [2.45, 2.75) is 24.1 Å². The highest BCUT2D eigenvalue weighted by Gasteiger charge is 2.44. The number of carbonyl (C=O) groups is 1. The molecule has 1 aromatic carbocycles. The number of nitrogens with one attached hydrogen (secondary N) is 1. The summed E-state index contributed by atoms with van der Waals surface area (Å²) in [6.45, 7) is 2.06. The zero-order chi connectivity index (χ0) is 13.2. The first-order valence-corrected chi connectivity index (χ1v) is 6.88. The third-order valence-electron chi connectivity index (χ3n) is 3.13. The van der Waals surface area contributed by atoms with Crippen molar-refractivity contribution in [3.63, 3.8) is 0 Å². The number of benzene rings is 1. The molecule has 4 nitrogen and oxygen atoms in total. The Bertz CT molecular complexity index is 434. The van der Waals surface area contributed by atoms with Crippen molar-refractivity contribution in [3.05, 3.63) is 24.3 Å². The third-order valence-corrected chi connectivity index (χ3v) is 4.53. The van der Waals surface area contributed by atoms with Crippen molar-refractivity contribution in [1.29, 1.82) is 0 Å². The Morgan fingerprint density at radius 1 is 1.50 bits per heavy atom. The maximum atomic E-state index is 11.5. The standard InChI is InChI=1S/C13H17NO3S/c1-9-7-13(8-18-9,12(15)16)14-10-3-5-11(17-2)6-4-10/h3-6,9,14H,7-8H2,1-2H3,(H,15,16). The molecule has 1 aromatic rings. The Morgan fingerprint density at radius 3 is 2.61 bits per heavy atom. The molecular formula is C13H17NO3S. The molecule has 18 heavy (non-hydrogen) atoms. The first kappa shape index (κ1) is 13.1. The highest BCUT2D eigenvalue weighted by Crippen LogP contribution is 2.37. The molecule has 0 amide bonds. The van der Waals surface area contributed by atoms with E-state index in [2.05, 4.69) is 12.2 Å². The quantitative estimate of drug-likeness (QED) is 0.877. The Morgan fingerprint density at radius 2 is 2.17 bits per heavy atom. The number of methoxy groups -OCH3 is 1. The van der Waals surface area contributed by atoms with Gasteiger partial charge in [0.15, 0.2) is 0 Å². The summed E-state index contributed by atoms with van der Waals surface area (Å²) < 4.78 is 5.08. The zero-order valence-electron chi connectivity index (χ0n) is 10.5. The fourth-order valence-electron chi connectivity index (χ4n) is 2.13. The monoisotopic (exact) mass is 267 g/mol. The van der Waals surface area contributed by atoms with Gasteiger partial charge in [0.05, 0.1) is 7.11 Å². The van der Waals surface area contributed by atoms with Crippen molar-refractivity contribution in [2.24, 2.45) is 0 Å². The van der Waals surface area contributed by atoms with Crippen molar-refractivity contribution in [2.75, 3.05) is 18.2 Å². The first-order chi connectivity index (χ1) is 8.55. The second-order valence-electron chi connectivity index (χ2n) is 4.57. The van der Waals surface area contributed by atoms with Crippen LogP contribution in [-0.2, 0) is 4.79 Å². The molecule has 1 aliphatic heterocycles. The summed E-state index contributed by atoms with van der Waals surface area (Å²) in [5.41, 5.74) is -0.0357. The molecule has 0 radical (unpaired) electrons.